The molecule has 2 N–H and O–H groups in total. The summed E-state index contributed by atoms with van der Waals surface area (Å²) in [5.74, 6) is -2.80. The topological polar surface area (TPSA) is 65.2 Å². The first kappa shape index (κ1) is 40.3. The van der Waals surface area contributed by atoms with Gasteiger partial charge in [0.05, 0.1) is 0 Å². The number of phenols is 2. The number of halogens is 4. The molecule has 9 heteroatoms. The molecule has 0 unspecified atom stereocenters. The molecule has 0 amide bonds. The second kappa shape index (κ2) is 17.8. The molecule has 46 heavy (non-hydrogen) atoms. The van der Waals surface area contributed by atoms with Crippen LogP contribution in [0, 0.1) is 30.2 Å². The largest absolute Gasteiger partial charge is 2.00 e. The molecule has 0 bridgehead atoms. The van der Waals surface area contributed by atoms with Gasteiger partial charge in [0.1, 0.15) is 22.9 Å². The zero-order valence-corrected chi connectivity index (χ0v) is 28.9. The molecule has 0 fully saturated rings. The molecule has 0 saturated heterocycles. The zero-order valence-electron chi connectivity index (χ0n) is 27.3. The normalized spacial score (nSPS) is 11.4. The van der Waals surface area contributed by atoms with Crippen LogP contribution in [-0.2, 0) is 32.5 Å². The fourth-order valence-electron chi connectivity index (χ4n) is 4.03. The van der Waals surface area contributed by atoms with Gasteiger partial charge < -0.3 is 17.1 Å². The van der Waals surface area contributed by atoms with Gasteiger partial charge in [-0.3, -0.25) is 0 Å². The molecular formula is C37H41F4N2O2Ti+. The van der Waals surface area contributed by atoms with Gasteiger partial charge in [-0.1, -0.05) is 84.9 Å². The molecule has 0 spiro atoms. The number of nitrogens with zero attached hydrogens (tertiary/aromatic N) is 2. The van der Waals surface area contributed by atoms with Crippen molar-refractivity contribution in [2.24, 2.45) is 9.98 Å². The molecule has 0 aliphatic rings. The first-order valence-corrected chi connectivity index (χ1v) is 14.4. The van der Waals surface area contributed by atoms with Crippen molar-refractivity contribution in [2.45, 2.75) is 65.7 Å². The number of hydrogen-bond acceptors (Lipinski definition) is 4. The maximum Gasteiger partial charge on any atom is 2.00 e. The van der Waals surface area contributed by atoms with Gasteiger partial charge in [-0.25, -0.2) is 27.5 Å². The van der Waals surface area contributed by atoms with Crippen LogP contribution >= 0.6 is 0 Å². The molecular weight excluding hydrogens is 628 g/mol. The first-order chi connectivity index (χ1) is 21.0. The van der Waals surface area contributed by atoms with Crippen LogP contribution in [0.1, 0.15) is 77.1 Å². The Kier molecular flexibility index (Phi) is 15.6. The average Bonchev–Trinajstić information content (AvgIpc) is 2.93. The van der Waals surface area contributed by atoms with Gasteiger partial charge >= 0.3 is 21.7 Å². The summed E-state index contributed by atoms with van der Waals surface area (Å²) in [4.78, 5) is 7.65. The molecule has 4 rings (SSSR count). The molecule has 0 aliphatic heterocycles. The second-order valence-corrected chi connectivity index (χ2v) is 12.1. The Hall–Kier alpha value is -3.75. The molecule has 0 atom stereocenters. The maximum absolute atomic E-state index is 13.5. The van der Waals surface area contributed by atoms with Gasteiger partial charge in [-0.05, 0) is 58.4 Å². The van der Waals surface area contributed by atoms with Crippen LogP contribution in [0.5, 0.6) is 11.5 Å². The number of phenolic OH excluding ortho intramolecular Hbond substituents is 2. The Morgan fingerprint density at radius 2 is 0.848 bits per heavy atom. The standard InChI is InChI=1S/2C17H17F2NO.C3H7.Ti/c2*1-17(2,3)12-7-4-6-11(16(12)21)10-20-15-13(18)8-5-9-14(15)19;1-3-2;/h2*4-10,21H,1-3H3;1,3H2,2H3;/q;;-1;+2. The summed E-state index contributed by atoms with van der Waals surface area (Å²) in [6.45, 7) is 17.3. The van der Waals surface area contributed by atoms with Crippen LogP contribution in [0.4, 0.5) is 28.9 Å². The molecule has 0 radical (unpaired) electrons. The summed E-state index contributed by atoms with van der Waals surface area (Å²) >= 11 is 0. The van der Waals surface area contributed by atoms with E-state index in [0.29, 0.717) is 11.1 Å². The number of aliphatic imine (C=N–C) groups is 2. The Labute approximate surface area is 284 Å². The average molecular weight is 670 g/mol. The smallest absolute Gasteiger partial charge is 0.507 e. The Morgan fingerprint density at radius 1 is 0.587 bits per heavy atom. The predicted octanol–water partition coefficient (Wildman–Crippen LogP) is 10.7. The van der Waals surface area contributed by atoms with Crippen LogP contribution in [0.2, 0.25) is 0 Å². The third-order valence-corrected chi connectivity index (χ3v) is 6.29. The molecule has 0 aromatic heterocycles. The van der Waals surface area contributed by atoms with Crippen molar-refractivity contribution in [2.75, 3.05) is 0 Å². The van der Waals surface area contributed by atoms with Crippen molar-refractivity contribution in [1.29, 1.82) is 0 Å². The van der Waals surface area contributed by atoms with E-state index >= 15 is 0 Å². The van der Waals surface area contributed by atoms with E-state index < -0.39 is 23.3 Å². The molecule has 4 aromatic carbocycles. The summed E-state index contributed by atoms with van der Waals surface area (Å²) in [7, 11) is 0. The van der Waals surface area contributed by atoms with Gasteiger partial charge in [0.2, 0.25) is 0 Å². The molecule has 4 nitrogen and oxygen atoms in total. The quantitative estimate of drug-likeness (QED) is 0.0983. The van der Waals surface area contributed by atoms with Crippen molar-refractivity contribution in [3.8, 4) is 11.5 Å². The van der Waals surface area contributed by atoms with E-state index in [-0.39, 0.29) is 55.4 Å². The molecule has 0 heterocycles. The Bertz CT molecular complexity index is 1480. The van der Waals surface area contributed by atoms with E-state index in [9.17, 15) is 27.8 Å². The number of aromatic hydroxyl groups is 2. The van der Waals surface area contributed by atoms with E-state index in [0.717, 1.165) is 41.8 Å². The van der Waals surface area contributed by atoms with E-state index in [1.54, 1.807) is 24.3 Å². The van der Waals surface area contributed by atoms with E-state index in [1.807, 2.05) is 60.6 Å². The second-order valence-electron chi connectivity index (χ2n) is 12.1. The van der Waals surface area contributed by atoms with Crippen LogP contribution in [-0.4, -0.2) is 22.6 Å². The van der Waals surface area contributed by atoms with Crippen molar-refractivity contribution in [3.63, 3.8) is 0 Å². The number of hydrogen-bond donors (Lipinski definition) is 2. The van der Waals surface area contributed by atoms with Crippen LogP contribution < -0.4 is 0 Å². The predicted molar refractivity (Wildman–Crippen MR) is 176 cm³/mol. The number of rotatable bonds is 4. The van der Waals surface area contributed by atoms with Gasteiger partial charge in [0, 0.05) is 23.6 Å². The van der Waals surface area contributed by atoms with Crippen LogP contribution in [0.3, 0.4) is 0 Å². The number of benzene rings is 4. The summed E-state index contributed by atoms with van der Waals surface area (Å²) in [5, 5.41) is 20.5. The monoisotopic (exact) mass is 669 g/mol. The minimum Gasteiger partial charge on any atom is -0.507 e. The Morgan fingerprint density at radius 3 is 1.11 bits per heavy atom. The Balaban J connectivity index is 0.000000415. The summed E-state index contributed by atoms with van der Waals surface area (Å²) in [6, 6.07) is 17.6. The van der Waals surface area contributed by atoms with Crippen molar-refractivity contribution < 1.29 is 49.5 Å². The maximum atomic E-state index is 13.5. The van der Waals surface area contributed by atoms with Crippen molar-refractivity contribution in [3.05, 3.63) is 125 Å². The minimum atomic E-state index is -0.738. The summed E-state index contributed by atoms with van der Waals surface area (Å²) < 4.78 is 54.0. The van der Waals surface area contributed by atoms with Gasteiger partial charge in [0.25, 0.3) is 0 Å². The molecule has 4 aromatic rings. The third kappa shape index (κ3) is 11.2. The molecule has 242 valence electrons. The molecule has 0 aliphatic carbocycles. The fraction of sp³-hybridized carbons (Fsp3) is 0.270. The minimum absolute atomic E-state index is 0. The SMILES string of the molecule is CC(C)(C)c1cccc(C=Nc2c(F)cccc2F)c1O.CC(C)(C)c1cccc(C=Nc2c(F)cccc2F)c1O.[CH2-]CC.[Ti+2]. The number of para-hydroxylation sites is 4. The van der Waals surface area contributed by atoms with Gasteiger partial charge in [0.15, 0.2) is 23.3 Å². The van der Waals surface area contributed by atoms with Crippen LogP contribution in [0.15, 0.2) is 82.8 Å². The molecule has 0 saturated carbocycles. The van der Waals surface area contributed by atoms with Crippen LogP contribution in [0.25, 0.3) is 0 Å². The first-order valence-electron chi connectivity index (χ1n) is 14.4. The van der Waals surface area contributed by atoms with E-state index in [2.05, 4.69) is 16.9 Å². The van der Waals surface area contributed by atoms with E-state index in [4.69, 9.17) is 0 Å². The van der Waals surface area contributed by atoms with Crippen molar-refractivity contribution in [1.82, 2.24) is 0 Å². The summed E-state index contributed by atoms with van der Waals surface area (Å²) in [6.07, 6.45) is 3.54. The summed E-state index contributed by atoms with van der Waals surface area (Å²) in [5.41, 5.74) is 1.14. The fourth-order valence-corrected chi connectivity index (χ4v) is 4.03. The van der Waals surface area contributed by atoms with Gasteiger partial charge in [-0.2, -0.15) is 6.42 Å². The third-order valence-electron chi connectivity index (χ3n) is 6.29. The van der Waals surface area contributed by atoms with Crippen molar-refractivity contribution >= 4 is 23.8 Å². The van der Waals surface area contributed by atoms with Gasteiger partial charge in [-0.15, -0.1) is 0 Å². The van der Waals surface area contributed by atoms with E-state index in [1.165, 1.54) is 24.6 Å². The zero-order chi connectivity index (χ0) is 33.9.